The fraction of sp³-hybridized carbons (Fsp3) is 0.429. The van der Waals surface area contributed by atoms with Gasteiger partial charge in [-0.25, -0.2) is 4.98 Å². The van der Waals surface area contributed by atoms with Crippen LogP contribution in [0.5, 0.6) is 0 Å². The molecule has 100 valence electrons. The first-order chi connectivity index (χ1) is 9.25. The maximum atomic E-state index is 10.8. The van der Waals surface area contributed by atoms with Gasteiger partial charge in [-0.15, -0.1) is 0 Å². The van der Waals surface area contributed by atoms with Crippen molar-refractivity contribution >= 4 is 5.91 Å². The normalized spacial score (nSPS) is 15.6. The van der Waals surface area contributed by atoms with Crippen LogP contribution in [0.3, 0.4) is 0 Å². The smallest absolute Gasteiger partial charge is 0.267 e. The summed E-state index contributed by atoms with van der Waals surface area (Å²) in [7, 11) is 0. The van der Waals surface area contributed by atoms with Crippen LogP contribution in [0.4, 0.5) is 0 Å². The average Bonchev–Trinajstić information content (AvgIpc) is 2.45. The summed E-state index contributed by atoms with van der Waals surface area (Å²) in [5.41, 5.74) is 6.10. The summed E-state index contributed by atoms with van der Waals surface area (Å²) in [4.78, 5) is 14.8. The second kappa shape index (κ2) is 6.88. The minimum absolute atomic E-state index is 0.247. The predicted octanol–water partition coefficient (Wildman–Crippen LogP) is 0.301. The number of carbonyl (C=O) groups excluding carboxylic acids is 1. The summed E-state index contributed by atoms with van der Waals surface area (Å²) in [6.45, 7) is 2.44. The number of nitrogens with one attached hydrogen (secondary N) is 1. The van der Waals surface area contributed by atoms with Crippen LogP contribution in [-0.4, -0.2) is 36.7 Å². The molecular formula is C14H17N3O2. The molecule has 0 unspecified atom stereocenters. The van der Waals surface area contributed by atoms with Gasteiger partial charge in [0.2, 0.25) is 0 Å². The third kappa shape index (κ3) is 4.36. The third-order valence-corrected chi connectivity index (χ3v) is 2.93. The molecule has 0 aliphatic carbocycles. The summed E-state index contributed by atoms with van der Waals surface area (Å²) >= 11 is 0. The SMILES string of the molecule is NC(=O)c1ccc(C#CCOC2CCNCC2)cn1. The van der Waals surface area contributed by atoms with Crippen LogP contribution in [0.1, 0.15) is 28.9 Å². The van der Waals surface area contributed by atoms with E-state index in [1.165, 1.54) is 6.20 Å². The molecule has 1 saturated heterocycles. The van der Waals surface area contributed by atoms with Crippen molar-refractivity contribution in [1.29, 1.82) is 0 Å². The number of primary amides is 1. The third-order valence-electron chi connectivity index (χ3n) is 2.93. The Morgan fingerprint density at radius 1 is 1.47 bits per heavy atom. The zero-order chi connectivity index (χ0) is 13.5. The molecule has 0 saturated carbocycles. The van der Waals surface area contributed by atoms with Gasteiger partial charge in [0, 0.05) is 11.8 Å². The van der Waals surface area contributed by atoms with Crippen molar-refractivity contribution in [1.82, 2.24) is 10.3 Å². The highest BCUT2D eigenvalue weighted by atomic mass is 16.5. The summed E-state index contributed by atoms with van der Waals surface area (Å²) in [5, 5.41) is 3.28. The van der Waals surface area contributed by atoms with Crippen LogP contribution in [-0.2, 0) is 4.74 Å². The lowest BCUT2D eigenvalue weighted by molar-refractivity contribution is 0.0548. The number of aromatic nitrogens is 1. The molecule has 1 aliphatic rings. The van der Waals surface area contributed by atoms with Crippen LogP contribution in [0.15, 0.2) is 18.3 Å². The van der Waals surface area contributed by atoms with E-state index in [4.69, 9.17) is 10.5 Å². The Labute approximate surface area is 112 Å². The highest BCUT2D eigenvalue weighted by Gasteiger charge is 2.11. The van der Waals surface area contributed by atoms with E-state index in [0.717, 1.165) is 31.5 Å². The van der Waals surface area contributed by atoms with Crippen molar-refractivity contribution in [2.75, 3.05) is 19.7 Å². The molecular weight excluding hydrogens is 242 g/mol. The number of piperidine rings is 1. The van der Waals surface area contributed by atoms with Gasteiger partial charge in [0.05, 0.1) is 6.10 Å². The van der Waals surface area contributed by atoms with Gasteiger partial charge < -0.3 is 15.8 Å². The summed E-state index contributed by atoms with van der Waals surface area (Å²) in [6, 6.07) is 3.30. The molecule has 5 heteroatoms. The number of nitrogens with zero attached hydrogens (tertiary/aromatic N) is 1. The zero-order valence-electron chi connectivity index (χ0n) is 10.7. The second-order valence-corrected chi connectivity index (χ2v) is 4.36. The van der Waals surface area contributed by atoms with Crippen molar-refractivity contribution in [2.24, 2.45) is 5.73 Å². The molecule has 0 atom stereocenters. The lowest BCUT2D eigenvalue weighted by Crippen LogP contribution is -2.32. The van der Waals surface area contributed by atoms with E-state index in [0.29, 0.717) is 12.7 Å². The van der Waals surface area contributed by atoms with E-state index in [1.54, 1.807) is 12.1 Å². The van der Waals surface area contributed by atoms with Gasteiger partial charge in [-0.2, -0.15) is 0 Å². The number of hydrogen-bond donors (Lipinski definition) is 2. The Morgan fingerprint density at radius 3 is 2.89 bits per heavy atom. The minimum atomic E-state index is -0.534. The largest absolute Gasteiger partial charge is 0.365 e. The molecule has 3 N–H and O–H groups in total. The van der Waals surface area contributed by atoms with E-state index < -0.39 is 5.91 Å². The lowest BCUT2D eigenvalue weighted by atomic mass is 10.1. The maximum Gasteiger partial charge on any atom is 0.267 e. The van der Waals surface area contributed by atoms with Crippen LogP contribution in [0, 0.1) is 11.8 Å². The van der Waals surface area contributed by atoms with Gasteiger partial charge in [-0.05, 0) is 38.1 Å². The van der Waals surface area contributed by atoms with Gasteiger partial charge in [0.15, 0.2) is 0 Å². The molecule has 1 aromatic rings. The van der Waals surface area contributed by atoms with Crippen LogP contribution < -0.4 is 11.1 Å². The molecule has 5 nitrogen and oxygen atoms in total. The Morgan fingerprint density at radius 2 is 2.26 bits per heavy atom. The number of nitrogens with two attached hydrogens (primary N) is 1. The number of hydrogen-bond acceptors (Lipinski definition) is 4. The number of carbonyl (C=O) groups is 1. The van der Waals surface area contributed by atoms with Crippen molar-refractivity contribution in [3.63, 3.8) is 0 Å². The molecule has 0 radical (unpaired) electrons. The summed E-state index contributed by atoms with van der Waals surface area (Å²) < 4.78 is 5.66. The average molecular weight is 259 g/mol. The Hall–Kier alpha value is -1.90. The molecule has 1 aromatic heterocycles. The molecule has 1 aliphatic heterocycles. The first kappa shape index (κ1) is 13.5. The molecule has 1 fully saturated rings. The predicted molar refractivity (Wildman–Crippen MR) is 71.5 cm³/mol. The fourth-order valence-corrected chi connectivity index (χ4v) is 1.87. The maximum absolute atomic E-state index is 10.8. The number of amides is 1. The molecule has 0 aromatic carbocycles. The van der Waals surface area contributed by atoms with E-state index in [2.05, 4.69) is 22.1 Å². The first-order valence-corrected chi connectivity index (χ1v) is 6.33. The fourth-order valence-electron chi connectivity index (χ4n) is 1.87. The standard InChI is InChI=1S/C14H17N3O2/c15-14(18)13-4-3-11(10-17-13)2-1-9-19-12-5-7-16-8-6-12/h3-4,10,12,16H,5-9H2,(H2,15,18). The number of pyridine rings is 1. The lowest BCUT2D eigenvalue weighted by Gasteiger charge is -2.21. The van der Waals surface area contributed by atoms with Crippen molar-refractivity contribution < 1.29 is 9.53 Å². The molecule has 2 rings (SSSR count). The van der Waals surface area contributed by atoms with Crippen molar-refractivity contribution in [3.05, 3.63) is 29.6 Å². The van der Waals surface area contributed by atoms with Crippen LogP contribution in [0.2, 0.25) is 0 Å². The minimum Gasteiger partial charge on any atom is -0.365 e. The van der Waals surface area contributed by atoms with Gasteiger partial charge in [0.1, 0.15) is 12.3 Å². The highest BCUT2D eigenvalue weighted by molar-refractivity contribution is 5.90. The molecule has 0 spiro atoms. The Kier molecular flexibility index (Phi) is 4.90. The quantitative estimate of drug-likeness (QED) is 0.765. The van der Waals surface area contributed by atoms with E-state index in [-0.39, 0.29) is 5.69 Å². The Bertz CT molecular complexity index is 482. The molecule has 0 bridgehead atoms. The van der Waals surface area contributed by atoms with Crippen LogP contribution in [0.25, 0.3) is 0 Å². The van der Waals surface area contributed by atoms with Gasteiger partial charge in [-0.1, -0.05) is 11.8 Å². The highest BCUT2D eigenvalue weighted by Crippen LogP contribution is 2.06. The van der Waals surface area contributed by atoms with Crippen LogP contribution >= 0.6 is 0 Å². The number of rotatable bonds is 3. The monoisotopic (exact) mass is 259 g/mol. The van der Waals surface area contributed by atoms with Gasteiger partial charge in [-0.3, -0.25) is 4.79 Å². The second-order valence-electron chi connectivity index (χ2n) is 4.36. The summed E-state index contributed by atoms with van der Waals surface area (Å²) in [5.74, 6) is 5.36. The van der Waals surface area contributed by atoms with Gasteiger partial charge in [0.25, 0.3) is 5.91 Å². The number of ether oxygens (including phenoxy) is 1. The molecule has 1 amide bonds. The van der Waals surface area contributed by atoms with Crippen molar-refractivity contribution in [3.8, 4) is 11.8 Å². The zero-order valence-corrected chi connectivity index (χ0v) is 10.7. The van der Waals surface area contributed by atoms with E-state index in [9.17, 15) is 4.79 Å². The van der Waals surface area contributed by atoms with Gasteiger partial charge >= 0.3 is 0 Å². The summed E-state index contributed by atoms with van der Waals surface area (Å²) in [6.07, 6.45) is 3.93. The van der Waals surface area contributed by atoms with E-state index in [1.807, 2.05) is 0 Å². The molecule has 19 heavy (non-hydrogen) atoms. The first-order valence-electron chi connectivity index (χ1n) is 6.33. The van der Waals surface area contributed by atoms with Crippen molar-refractivity contribution in [2.45, 2.75) is 18.9 Å². The molecule has 2 heterocycles. The topological polar surface area (TPSA) is 77.2 Å². The van der Waals surface area contributed by atoms with E-state index >= 15 is 0 Å². The Balaban J connectivity index is 1.80.